The van der Waals surface area contributed by atoms with Crippen LogP contribution in [0.2, 0.25) is 0 Å². The standard InChI is InChI=1S/C19H29NO2/c1-3-7-15(4-2)8-5-6-9-16-14-18(16)19(22)20-12-10-17(21)11-13-20/h3-4,7,16-18,21H,1-2,5-6,8-14H2/b15-7+. The van der Waals surface area contributed by atoms with Gasteiger partial charge in [0.1, 0.15) is 0 Å². The lowest BCUT2D eigenvalue weighted by Gasteiger charge is -2.29. The van der Waals surface area contributed by atoms with Crippen molar-refractivity contribution in [2.45, 2.75) is 51.0 Å². The minimum absolute atomic E-state index is 0.207. The fraction of sp³-hybridized carbons (Fsp3) is 0.632. The Morgan fingerprint density at radius 3 is 2.59 bits per heavy atom. The first kappa shape index (κ1) is 17.0. The van der Waals surface area contributed by atoms with Crippen molar-refractivity contribution < 1.29 is 9.90 Å². The zero-order valence-corrected chi connectivity index (χ0v) is 13.5. The molecule has 1 aliphatic heterocycles. The Morgan fingerprint density at radius 1 is 1.23 bits per heavy atom. The van der Waals surface area contributed by atoms with Gasteiger partial charge >= 0.3 is 0 Å². The summed E-state index contributed by atoms with van der Waals surface area (Å²) in [6.07, 6.45) is 12.6. The first-order valence-electron chi connectivity index (χ1n) is 8.56. The van der Waals surface area contributed by atoms with Gasteiger partial charge in [0.25, 0.3) is 0 Å². The van der Waals surface area contributed by atoms with Crippen LogP contribution in [-0.4, -0.2) is 35.1 Å². The second-order valence-electron chi connectivity index (χ2n) is 6.59. The van der Waals surface area contributed by atoms with E-state index in [9.17, 15) is 9.90 Å². The number of aliphatic hydroxyl groups excluding tert-OH is 1. The summed E-state index contributed by atoms with van der Waals surface area (Å²) in [7, 11) is 0. The van der Waals surface area contributed by atoms with E-state index in [1.54, 1.807) is 0 Å². The molecular formula is C19H29NO2. The molecule has 22 heavy (non-hydrogen) atoms. The third kappa shape index (κ3) is 4.84. The molecule has 1 aliphatic carbocycles. The minimum atomic E-state index is -0.207. The number of unbranched alkanes of at least 4 members (excludes halogenated alkanes) is 1. The smallest absolute Gasteiger partial charge is 0.225 e. The lowest BCUT2D eigenvalue weighted by molar-refractivity contribution is -0.134. The van der Waals surface area contributed by atoms with Gasteiger partial charge in [0.05, 0.1) is 6.10 Å². The molecular weight excluding hydrogens is 274 g/mol. The molecule has 2 aliphatic rings. The van der Waals surface area contributed by atoms with E-state index >= 15 is 0 Å². The number of rotatable bonds is 8. The molecule has 122 valence electrons. The van der Waals surface area contributed by atoms with Crippen molar-refractivity contribution in [3.05, 3.63) is 37.0 Å². The van der Waals surface area contributed by atoms with Gasteiger partial charge in [0.2, 0.25) is 5.91 Å². The topological polar surface area (TPSA) is 40.5 Å². The van der Waals surface area contributed by atoms with Gasteiger partial charge in [-0.1, -0.05) is 37.8 Å². The highest BCUT2D eigenvalue weighted by atomic mass is 16.3. The molecule has 1 saturated carbocycles. The molecule has 1 heterocycles. The zero-order valence-electron chi connectivity index (χ0n) is 13.5. The number of carbonyl (C=O) groups is 1. The second kappa shape index (κ2) is 8.33. The normalized spacial score (nSPS) is 25.9. The Kier molecular flexibility index (Phi) is 6.44. The number of amides is 1. The van der Waals surface area contributed by atoms with E-state index < -0.39 is 0 Å². The highest BCUT2D eigenvalue weighted by Gasteiger charge is 2.44. The van der Waals surface area contributed by atoms with Crippen molar-refractivity contribution in [3.63, 3.8) is 0 Å². The van der Waals surface area contributed by atoms with Gasteiger partial charge in [-0.3, -0.25) is 4.79 Å². The van der Waals surface area contributed by atoms with Gasteiger partial charge in [0, 0.05) is 19.0 Å². The number of allylic oxidation sites excluding steroid dienone is 4. The van der Waals surface area contributed by atoms with Crippen LogP contribution in [0.5, 0.6) is 0 Å². The Bertz CT molecular complexity index is 433. The van der Waals surface area contributed by atoms with Crippen LogP contribution in [-0.2, 0) is 4.79 Å². The first-order chi connectivity index (χ1) is 10.7. The van der Waals surface area contributed by atoms with Gasteiger partial charge in [-0.15, -0.1) is 0 Å². The van der Waals surface area contributed by atoms with Crippen LogP contribution < -0.4 is 0 Å². The predicted octanol–water partition coefficient (Wildman–Crippen LogP) is 3.46. The number of aliphatic hydroxyl groups is 1. The van der Waals surface area contributed by atoms with Crippen molar-refractivity contribution in [2.75, 3.05) is 13.1 Å². The Morgan fingerprint density at radius 2 is 1.95 bits per heavy atom. The van der Waals surface area contributed by atoms with Crippen LogP contribution in [0, 0.1) is 11.8 Å². The maximum absolute atomic E-state index is 12.4. The number of piperidine rings is 1. The summed E-state index contributed by atoms with van der Waals surface area (Å²) in [6, 6.07) is 0. The Hall–Kier alpha value is -1.35. The molecule has 0 aromatic heterocycles. The van der Waals surface area contributed by atoms with Gasteiger partial charge in [-0.05, 0) is 50.0 Å². The third-order valence-electron chi connectivity index (χ3n) is 4.90. The fourth-order valence-electron chi connectivity index (χ4n) is 3.33. The van der Waals surface area contributed by atoms with Gasteiger partial charge in [-0.25, -0.2) is 0 Å². The molecule has 2 atom stereocenters. The summed E-state index contributed by atoms with van der Waals surface area (Å²) >= 11 is 0. The molecule has 1 N–H and O–H groups in total. The third-order valence-corrected chi connectivity index (χ3v) is 4.90. The lowest BCUT2D eigenvalue weighted by Crippen LogP contribution is -2.41. The maximum atomic E-state index is 12.4. The molecule has 2 rings (SSSR count). The van der Waals surface area contributed by atoms with E-state index in [0.29, 0.717) is 11.8 Å². The zero-order chi connectivity index (χ0) is 15.9. The molecule has 0 bridgehead atoms. The number of likely N-dealkylation sites (tertiary alicyclic amines) is 1. The summed E-state index contributed by atoms with van der Waals surface area (Å²) in [4.78, 5) is 14.3. The lowest BCUT2D eigenvalue weighted by atomic mass is 10.0. The van der Waals surface area contributed by atoms with Gasteiger partial charge in [-0.2, -0.15) is 0 Å². The van der Waals surface area contributed by atoms with E-state index in [4.69, 9.17) is 0 Å². The van der Waals surface area contributed by atoms with Crippen LogP contribution in [0.4, 0.5) is 0 Å². The summed E-state index contributed by atoms with van der Waals surface area (Å²) < 4.78 is 0. The number of carbonyl (C=O) groups excluding carboxylic acids is 1. The number of nitrogens with zero attached hydrogens (tertiary/aromatic N) is 1. The molecule has 0 aromatic carbocycles. The molecule has 2 fully saturated rings. The average molecular weight is 303 g/mol. The molecule has 3 nitrogen and oxygen atoms in total. The molecule has 2 unspecified atom stereocenters. The van der Waals surface area contributed by atoms with E-state index in [1.807, 2.05) is 23.1 Å². The quantitative estimate of drug-likeness (QED) is 0.551. The Balaban J connectivity index is 1.62. The summed E-state index contributed by atoms with van der Waals surface area (Å²) in [5, 5.41) is 9.51. The number of hydrogen-bond donors (Lipinski definition) is 1. The van der Waals surface area contributed by atoms with E-state index in [1.165, 1.54) is 12.0 Å². The van der Waals surface area contributed by atoms with E-state index in [2.05, 4.69) is 13.2 Å². The average Bonchev–Trinajstić information content (AvgIpc) is 3.30. The number of hydrogen-bond acceptors (Lipinski definition) is 2. The molecule has 3 heteroatoms. The fourth-order valence-corrected chi connectivity index (χ4v) is 3.33. The van der Waals surface area contributed by atoms with Crippen molar-refractivity contribution >= 4 is 5.91 Å². The first-order valence-corrected chi connectivity index (χ1v) is 8.56. The summed E-state index contributed by atoms with van der Waals surface area (Å²) in [5.74, 6) is 1.18. The van der Waals surface area contributed by atoms with Crippen molar-refractivity contribution in [1.82, 2.24) is 4.90 Å². The molecule has 0 spiro atoms. The minimum Gasteiger partial charge on any atom is -0.393 e. The van der Waals surface area contributed by atoms with E-state index in [0.717, 1.165) is 51.6 Å². The summed E-state index contributed by atoms with van der Waals surface area (Å²) in [6.45, 7) is 8.99. The van der Waals surface area contributed by atoms with Crippen molar-refractivity contribution in [1.29, 1.82) is 0 Å². The highest BCUT2D eigenvalue weighted by Crippen LogP contribution is 2.44. The van der Waals surface area contributed by atoms with Gasteiger partial charge < -0.3 is 10.0 Å². The monoisotopic (exact) mass is 303 g/mol. The van der Waals surface area contributed by atoms with Crippen LogP contribution >= 0.6 is 0 Å². The molecule has 0 aromatic rings. The molecule has 1 saturated heterocycles. The van der Waals surface area contributed by atoms with Crippen molar-refractivity contribution in [3.8, 4) is 0 Å². The van der Waals surface area contributed by atoms with Crippen LogP contribution in [0.15, 0.2) is 37.0 Å². The van der Waals surface area contributed by atoms with Gasteiger partial charge in [0.15, 0.2) is 0 Å². The molecule has 0 radical (unpaired) electrons. The largest absolute Gasteiger partial charge is 0.393 e. The van der Waals surface area contributed by atoms with Crippen LogP contribution in [0.3, 0.4) is 0 Å². The predicted molar refractivity (Wildman–Crippen MR) is 90.4 cm³/mol. The second-order valence-corrected chi connectivity index (χ2v) is 6.59. The van der Waals surface area contributed by atoms with Crippen LogP contribution in [0.1, 0.15) is 44.9 Å². The molecule has 1 amide bonds. The SMILES string of the molecule is C=C/C=C(\C=C)CCCCC1CC1C(=O)N1CCC(O)CC1. The van der Waals surface area contributed by atoms with Crippen LogP contribution in [0.25, 0.3) is 0 Å². The highest BCUT2D eigenvalue weighted by molar-refractivity contribution is 5.81. The summed E-state index contributed by atoms with van der Waals surface area (Å²) in [5.41, 5.74) is 1.24. The maximum Gasteiger partial charge on any atom is 0.225 e. The van der Waals surface area contributed by atoms with E-state index in [-0.39, 0.29) is 12.0 Å². The van der Waals surface area contributed by atoms with Crippen molar-refractivity contribution in [2.24, 2.45) is 11.8 Å². The Labute approximate surface area is 134 Å².